The van der Waals surface area contributed by atoms with Crippen LogP contribution in [0.1, 0.15) is 28.5 Å². The van der Waals surface area contributed by atoms with E-state index in [1.54, 1.807) is 6.92 Å². The maximum atomic E-state index is 11.8. The number of esters is 1. The van der Waals surface area contributed by atoms with Crippen molar-refractivity contribution in [3.8, 4) is 0 Å². The van der Waals surface area contributed by atoms with E-state index in [9.17, 15) is 4.79 Å². The van der Waals surface area contributed by atoms with Crippen LogP contribution < -0.4 is 0 Å². The lowest BCUT2D eigenvalue weighted by atomic mass is 10.1. The van der Waals surface area contributed by atoms with E-state index in [1.807, 2.05) is 0 Å². The van der Waals surface area contributed by atoms with Gasteiger partial charge < -0.3 is 9.47 Å². The number of ether oxygens (including phenoxy) is 2. The molecule has 0 spiro atoms. The highest BCUT2D eigenvalue weighted by Crippen LogP contribution is 2.26. The maximum absolute atomic E-state index is 11.8. The molecule has 1 aliphatic heterocycles. The highest BCUT2D eigenvalue weighted by Gasteiger charge is 2.22. The summed E-state index contributed by atoms with van der Waals surface area (Å²) in [5, 5.41) is 4.54. The van der Waals surface area contributed by atoms with Gasteiger partial charge >= 0.3 is 5.97 Å². The predicted octanol–water partition coefficient (Wildman–Crippen LogP) is 1.63. The topological polar surface area (TPSA) is 65.7 Å². The third-order valence-corrected chi connectivity index (χ3v) is 3.38. The molecule has 7 heteroatoms. The van der Waals surface area contributed by atoms with Crippen LogP contribution >= 0.6 is 11.6 Å². The lowest BCUT2D eigenvalue weighted by molar-refractivity contribution is 0.0528. The van der Waals surface area contributed by atoms with Crippen LogP contribution in [0, 0.1) is 0 Å². The fourth-order valence-corrected chi connectivity index (χ4v) is 2.37. The van der Waals surface area contributed by atoms with E-state index in [1.165, 1.54) is 10.7 Å². The molecule has 3 rings (SSSR count). The van der Waals surface area contributed by atoms with Crippen molar-refractivity contribution in [3.63, 3.8) is 0 Å². The molecule has 6 nitrogen and oxygen atoms in total. The van der Waals surface area contributed by atoms with Gasteiger partial charge in [0.05, 0.1) is 31.7 Å². The van der Waals surface area contributed by atoms with Crippen molar-refractivity contribution in [2.24, 2.45) is 0 Å². The van der Waals surface area contributed by atoms with Crippen LogP contribution in [-0.4, -0.2) is 33.8 Å². The van der Waals surface area contributed by atoms with Gasteiger partial charge in [0.1, 0.15) is 10.7 Å². The summed E-state index contributed by atoms with van der Waals surface area (Å²) in [4.78, 5) is 16.3. The monoisotopic (exact) mass is 281 g/mol. The Morgan fingerprint density at radius 2 is 2.47 bits per heavy atom. The molecule has 0 saturated carbocycles. The van der Waals surface area contributed by atoms with Gasteiger partial charge in [-0.05, 0) is 6.92 Å². The first-order valence-electron chi connectivity index (χ1n) is 6.02. The Morgan fingerprint density at radius 1 is 1.63 bits per heavy atom. The summed E-state index contributed by atoms with van der Waals surface area (Å²) in [5.74, 6) is -0.437. The van der Waals surface area contributed by atoms with Crippen LogP contribution in [0.15, 0.2) is 6.20 Å². The highest BCUT2D eigenvalue weighted by atomic mass is 35.5. The summed E-state index contributed by atoms with van der Waals surface area (Å²) in [6.45, 7) is 3.09. The quantitative estimate of drug-likeness (QED) is 0.618. The van der Waals surface area contributed by atoms with Crippen molar-refractivity contribution in [1.82, 2.24) is 14.6 Å². The summed E-state index contributed by atoms with van der Waals surface area (Å²) in [6, 6.07) is 0. The molecule has 0 amide bonds. The standard InChI is InChI=1S/C12H12ClN3O3/c1-2-19-12(17)7-5-14-16-10(13)8-6-18-4-3-9(8)15-11(7)16/h5H,2-4,6H2,1H3. The Kier molecular flexibility index (Phi) is 3.12. The Morgan fingerprint density at radius 3 is 3.26 bits per heavy atom. The highest BCUT2D eigenvalue weighted by molar-refractivity contribution is 6.30. The van der Waals surface area contributed by atoms with Crippen LogP contribution in [-0.2, 0) is 22.5 Å². The second-order valence-electron chi connectivity index (χ2n) is 4.14. The zero-order chi connectivity index (χ0) is 13.4. The summed E-state index contributed by atoms with van der Waals surface area (Å²) in [7, 11) is 0. The van der Waals surface area contributed by atoms with Crippen LogP contribution in [0.5, 0.6) is 0 Å². The fraction of sp³-hybridized carbons (Fsp3) is 0.417. The molecule has 0 radical (unpaired) electrons. The zero-order valence-corrected chi connectivity index (χ0v) is 11.1. The second kappa shape index (κ2) is 4.79. The first-order valence-corrected chi connectivity index (χ1v) is 6.40. The van der Waals surface area contributed by atoms with E-state index in [-0.39, 0.29) is 0 Å². The van der Waals surface area contributed by atoms with Crippen LogP contribution in [0.4, 0.5) is 0 Å². The third kappa shape index (κ3) is 1.97. The third-order valence-electron chi connectivity index (χ3n) is 2.99. The van der Waals surface area contributed by atoms with Gasteiger partial charge in [0.25, 0.3) is 0 Å². The molecular formula is C12H12ClN3O3. The van der Waals surface area contributed by atoms with Gasteiger partial charge in [-0.3, -0.25) is 0 Å². The van der Waals surface area contributed by atoms with Gasteiger partial charge in [0, 0.05) is 12.0 Å². The summed E-state index contributed by atoms with van der Waals surface area (Å²) >= 11 is 6.28. The SMILES string of the molecule is CCOC(=O)c1cnn2c(Cl)c3c(nc12)CCOC3. The number of hydrogen-bond acceptors (Lipinski definition) is 5. The minimum atomic E-state index is -0.437. The largest absolute Gasteiger partial charge is 0.462 e. The predicted molar refractivity (Wildman–Crippen MR) is 67.3 cm³/mol. The number of halogens is 1. The van der Waals surface area contributed by atoms with Crippen LogP contribution in [0.25, 0.3) is 5.65 Å². The molecule has 0 fully saturated rings. The maximum Gasteiger partial charge on any atom is 0.343 e. The minimum Gasteiger partial charge on any atom is -0.462 e. The number of aromatic nitrogens is 3. The summed E-state index contributed by atoms with van der Waals surface area (Å²) < 4.78 is 11.8. The molecule has 2 aromatic heterocycles. The number of hydrogen-bond donors (Lipinski definition) is 0. The van der Waals surface area contributed by atoms with Crippen molar-refractivity contribution in [1.29, 1.82) is 0 Å². The van der Waals surface area contributed by atoms with Crippen molar-refractivity contribution < 1.29 is 14.3 Å². The van der Waals surface area contributed by atoms with E-state index in [0.717, 1.165) is 11.3 Å². The van der Waals surface area contributed by atoms with Gasteiger partial charge in [-0.2, -0.15) is 5.10 Å². The molecule has 3 heterocycles. The molecular weight excluding hydrogens is 270 g/mol. The molecule has 0 atom stereocenters. The first kappa shape index (κ1) is 12.4. The fourth-order valence-electron chi connectivity index (χ4n) is 2.08. The Balaban J connectivity index is 2.18. The number of nitrogens with zero attached hydrogens (tertiary/aromatic N) is 3. The Hall–Kier alpha value is -1.66. The van der Waals surface area contributed by atoms with E-state index in [4.69, 9.17) is 21.1 Å². The lowest BCUT2D eigenvalue weighted by Crippen LogP contribution is -2.15. The van der Waals surface area contributed by atoms with Crippen LogP contribution in [0.2, 0.25) is 5.15 Å². The van der Waals surface area contributed by atoms with Crippen molar-refractivity contribution in [3.05, 3.63) is 28.2 Å². The zero-order valence-electron chi connectivity index (χ0n) is 10.4. The van der Waals surface area contributed by atoms with Crippen LogP contribution in [0.3, 0.4) is 0 Å². The summed E-state index contributed by atoms with van der Waals surface area (Å²) in [6.07, 6.45) is 2.11. The van der Waals surface area contributed by atoms with Gasteiger partial charge in [-0.25, -0.2) is 14.3 Å². The van der Waals surface area contributed by atoms with E-state index in [2.05, 4.69) is 10.1 Å². The van der Waals surface area contributed by atoms with Crippen molar-refractivity contribution in [2.75, 3.05) is 13.2 Å². The number of fused-ring (bicyclic) bond motifs is 2. The molecule has 100 valence electrons. The minimum absolute atomic E-state index is 0.308. The molecule has 0 unspecified atom stereocenters. The van der Waals surface area contributed by atoms with E-state index in [0.29, 0.717) is 42.6 Å². The van der Waals surface area contributed by atoms with Gasteiger partial charge in [-0.15, -0.1) is 0 Å². The van der Waals surface area contributed by atoms with E-state index >= 15 is 0 Å². The molecule has 2 aromatic rings. The number of carbonyl (C=O) groups is 1. The smallest absolute Gasteiger partial charge is 0.343 e. The second-order valence-corrected chi connectivity index (χ2v) is 4.50. The summed E-state index contributed by atoms with van der Waals surface area (Å²) in [5.41, 5.74) is 2.45. The molecule has 0 N–H and O–H groups in total. The number of rotatable bonds is 2. The molecule has 19 heavy (non-hydrogen) atoms. The van der Waals surface area contributed by atoms with E-state index < -0.39 is 5.97 Å². The molecule has 0 saturated heterocycles. The molecule has 0 aromatic carbocycles. The van der Waals surface area contributed by atoms with Gasteiger partial charge in [0.2, 0.25) is 0 Å². The average Bonchev–Trinajstić information content (AvgIpc) is 2.83. The molecule has 0 aliphatic carbocycles. The molecule has 1 aliphatic rings. The Bertz CT molecular complexity index is 653. The van der Waals surface area contributed by atoms with Crippen molar-refractivity contribution >= 4 is 23.2 Å². The van der Waals surface area contributed by atoms with Crippen molar-refractivity contribution in [2.45, 2.75) is 20.0 Å². The normalized spacial score (nSPS) is 14.4. The lowest BCUT2D eigenvalue weighted by Gasteiger charge is -2.17. The average molecular weight is 282 g/mol. The first-order chi connectivity index (χ1) is 9.22. The Labute approximate surface area is 114 Å². The number of carbonyl (C=O) groups excluding carboxylic acids is 1. The van der Waals surface area contributed by atoms with Gasteiger partial charge in [-0.1, -0.05) is 11.6 Å². The van der Waals surface area contributed by atoms with Gasteiger partial charge in [0.15, 0.2) is 5.65 Å². The molecule has 0 bridgehead atoms.